The Morgan fingerprint density at radius 3 is 2.65 bits per heavy atom. The van der Waals surface area contributed by atoms with Crippen LogP contribution in [0.2, 0.25) is 0 Å². The number of hydrogen-bond acceptors (Lipinski definition) is 5. The van der Waals surface area contributed by atoms with Gasteiger partial charge in [0.1, 0.15) is 11.2 Å². The number of carbonyl (C=O) groups excluding carboxylic acids is 1. The maximum Gasteiger partial charge on any atom is 0.352 e. The van der Waals surface area contributed by atoms with Gasteiger partial charge in [-0.1, -0.05) is 19.9 Å². The van der Waals surface area contributed by atoms with E-state index in [1.807, 2.05) is 32.0 Å². The van der Waals surface area contributed by atoms with E-state index in [1.54, 1.807) is 11.4 Å². The molecule has 4 aromatic rings. The summed E-state index contributed by atoms with van der Waals surface area (Å²) in [7, 11) is 0. The first-order valence-corrected chi connectivity index (χ1v) is 11.1. The third kappa shape index (κ3) is 3.93. The molecule has 1 aromatic carbocycles. The summed E-state index contributed by atoms with van der Waals surface area (Å²) in [5, 5.41) is 8.97. The molecule has 1 N–H and O–H groups in total. The molecule has 0 fully saturated rings. The first-order chi connectivity index (χ1) is 14.8. The molecule has 0 spiro atoms. The van der Waals surface area contributed by atoms with E-state index >= 15 is 0 Å². The maximum absolute atomic E-state index is 13.1. The van der Waals surface area contributed by atoms with Crippen molar-refractivity contribution in [3.05, 3.63) is 61.6 Å². The van der Waals surface area contributed by atoms with Gasteiger partial charge in [-0.05, 0) is 60.9 Å². The molecule has 0 radical (unpaired) electrons. The van der Waals surface area contributed by atoms with Crippen LogP contribution in [0.5, 0.6) is 0 Å². The zero-order valence-electron chi connectivity index (χ0n) is 18.0. The highest BCUT2D eigenvalue weighted by atomic mass is 32.1. The molecule has 0 aliphatic heterocycles. The van der Waals surface area contributed by atoms with Crippen LogP contribution in [0.15, 0.2) is 39.2 Å². The topological polar surface area (TPSA) is 90.4 Å². The Morgan fingerprint density at radius 2 is 1.94 bits per heavy atom. The van der Waals surface area contributed by atoms with Crippen molar-refractivity contribution in [1.29, 1.82) is 0 Å². The standard InChI is InChI=1S/C22H25N5O3S/c1-13(2)7-9-25-20(29)19-17(8-10-31-19)27-21(25)24-26(22(27)30)12-18(28)23-16-6-5-14(3)15(4)11-16/h5-6,8,10-11,13H,7,9,12H2,1-4H3,(H,23,28). The molecule has 1 amide bonds. The predicted octanol–water partition coefficient (Wildman–Crippen LogP) is 3.17. The molecule has 9 heteroatoms. The first kappa shape index (κ1) is 21.0. The number of thiophene rings is 1. The van der Waals surface area contributed by atoms with Gasteiger partial charge in [0.25, 0.3) is 5.56 Å². The predicted molar refractivity (Wildman–Crippen MR) is 123 cm³/mol. The minimum absolute atomic E-state index is 0.158. The zero-order chi connectivity index (χ0) is 22.3. The molecule has 8 nitrogen and oxygen atoms in total. The molecule has 4 rings (SSSR count). The van der Waals surface area contributed by atoms with Crippen LogP contribution >= 0.6 is 11.3 Å². The van der Waals surface area contributed by atoms with Crippen molar-refractivity contribution in [3.63, 3.8) is 0 Å². The molecule has 0 aliphatic rings. The summed E-state index contributed by atoms with van der Waals surface area (Å²) in [5.74, 6) is 0.301. The summed E-state index contributed by atoms with van der Waals surface area (Å²) in [6.45, 7) is 8.35. The average Bonchev–Trinajstić information content (AvgIpc) is 3.30. The lowest BCUT2D eigenvalue weighted by Crippen LogP contribution is -2.29. The van der Waals surface area contributed by atoms with Gasteiger partial charge in [0.05, 0.1) is 5.52 Å². The number of carbonyl (C=O) groups is 1. The van der Waals surface area contributed by atoms with Gasteiger partial charge in [-0.3, -0.25) is 14.2 Å². The van der Waals surface area contributed by atoms with E-state index in [0.717, 1.165) is 22.2 Å². The molecule has 0 saturated carbocycles. The van der Waals surface area contributed by atoms with Gasteiger partial charge in [0.15, 0.2) is 0 Å². The van der Waals surface area contributed by atoms with Gasteiger partial charge < -0.3 is 5.32 Å². The minimum Gasteiger partial charge on any atom is -0.324 e. The maximum atomic E-state index is 13.1. The van der Waals surface area contributed by atoms with Crippen molar-refractivity contribution < 1.29 is 4.79 Å². The van der Waals surface area contributed by atoms with Crippen molar-refractivity contribution in [2.75, 3.05) is 5.32 Å². The van der Waals surface area contributed by atoms with Crippen LogP contribution in [0, 0.1) is 19.8 Å². The van der Waals surface area contributed by atoms with Crippen molar-refractivity contribution >= 4 is 38.9 Å². The van der Waals surface area contributed by atoms with Crippen LogP contribution < -0.4 is 16.6 Å². The number of hydrogen-bond donors (Lipinski definition) is 1. The van der Waals surface area contributed by atoms with E-state index in [2.05, 4.69) is 24.3 Å². The third-order valence-electron chi connectivity index (χ3n) is 5.40. The van der Waals surface area contributed by atoms with E-state index in [-0.39, 0.29) is 23.8 Å². The third-order valence-corrected chi connectivity index (χ3v) is 6.29. The van der Waals surface area contributed by atoms with Gasteiger partial charge in [0, 0.05) is 12.2 Å². The number of benzene rings is 1. The Morgan fingerprint density at radius 1 is 1.16 bits per heavy atom. The Kier molecular flexibility index (Phi) is 5.53. The number of nitrogens with zero attached hydrogens (tertiary/aromatic N) is 4. The van der Waals surface area contributed by atoms with E-state index in [4.69, 9.17) is 0 Å². The van der Waals surface area contributed by atoms with Crippen molar-refractivity contribution in [3.8, 4) is 0 Å². The van der Waals surface area contributed by atoms with Crippen LogP contribution in [-0.2, 0) is 17.9 Å². The van der Waals surface area contributed by atoms with Gasteiger partial charge in [-0.2, -0.15) is 0 Å². The lowest BCUT2D eigenvalue weighted by atomic mass is 10.1. The fourth-order valence-corrected chi connectivity index (χ4v) is 4.31. The molecular formula is C22H25N5O3S. The first-order valence-electron chi connectivity index (χ1n) is 10.2. The second-order valence-electron chi connectivity index (χ2n) is 8.20. The van der Waals surface area contributed by atoms with Crippen LogP contribution in [-0.4, -0.2) is 24.7 Å². The average molecular weight is 440 g/mol. The molecule has 0 bridgehead atoms. The molecule has 0 aliphatic carbocycles. The lowest BCUT2D eigenvalue weighted by molar-refractivity contribution is -0.117. The highest BCUT2D eigenvalue weighted by molar-refractivity contribution is 7.17. The number of nitrogens with one attached hydrogen (secondary N) is 1. The molecule has 0 saturated heterocycles. The SMILES string of the molecule is Cc1ccc(NC(=O)Cn2nc3n(CCC(C)C)c(=O)c4sccc4n3c2=O)cc1C. The number of fused-ring (bicyclic) bond motifs is 3. The van der Waals surface area contributed by atoms with E-state index < -0.39 is 5.69 Å². The van der Waals surface area contributed by atoms with Crippen molar-refractivity contribution in [1.82, 2.24) is 18.7 Å². The monoisotopic (exact) mass is 439 g/mol. The quantitative estimate of drug-likeness (QED) is 0.500. The lowest BCUT2D eigenvalue weighted by Gasteiger charge is -2.09. The van der Waals surface area contributed by atoms with Crippen LogP contribution in [0.25, 0.3) is 16.0 Å². The number of rotatable bonds is 6. The summed E-state index contributed by atoms with van der Waals surface area (Å²) in [4.78, 5) is 38.7. The molecule has 0 unspecified atom stereocenters. The normalized spacial score (nSPS) is 11.6. The molecular weight excluding hydrogens is 414 g/mol. The Hall–Kier alpha value is -3.20. The van der Waals surface area contributed by atoms with Gasteiger partial charge in [-0.15, -0.1) is 16.4 Å². The van der Waals surface area contributed by atoms with E-state index in [9.17, 15) is 14.4 Å². The van der Waals surface area contributed by atoms with Crippen LogP contribution in [0.4, 0.5) is 5.69 Å². The van der Waals surface area contributed by atoms with Crippen LogP contribution in [0.1, 0.15) is 31.4 Å². The summed E-state index contributed by atoms with van der Waals surface area (Å²) in [6, 6.07) is 7.38. The second-order valence-corrected chi connectivity index (χ2v) is 9.11. The molecule has 3 aromatic heterocycles. The van der Waals surface area contributed by atoms with Gasteiger partial charge >= 0.3 is 5.69 Å². The number of anilines is 1. The van der Waals surface area contributed by atoms with Gasteiger partial charge in [-0.25, -0.2) is 13.9 Å². The van der Waals surface area contributed by atoms with Crippen molar-refractivity contribution in [2.45, 2.75) is 47.2 Å². The summed E-state index contributed by atoms with van der Waals surface area (Å²) < 4.78 is 4.60. The number of amides is 1. The second kappa shape index (κ2) is 8.14. The summed E-state index contributed by atoms with van der Waals surface area (Å²) in [5.41, 5.74) is 2.79. The fourth-order valence-electron chi connectivity index (χ4n) is 3.48. The molecule has 3 heterocycles. The fraction of sp³-hybridized carbons (Fsp3) is 0.364. The smallest absolute Gasteiger partial charge is 0.324 e. The highest BCUT2D eigenvalue weighted by Gasteiger charge is 2.19. The molecule has 162 valence electrons. The van der Waals surface area contributed by atoms with Crippen molar-refractivity contribution in [2.24, 2.45) is 5.92 Å². The van der Waals surface area contributed by atoms with Crippen LogP contribution in [0.3, 0.4) is 0 Å². The van der Waals surface area contributed by atoms with E-state index in [1.165, 1.54) is 20.3 Å². The number of aryl methyl sites for hydroxylation is 3. The molecule has 31 heavy (non-hydrogen) atoms. The van der Waals surface area contributed by atoms with Gasteiger partial charge in [0.2, 0.25) is 11.7 Å². The highest BCUT2D eigenvalue weighted by Crippen LogP contribution is 2.18. The largest absolute Gasteiger partial charge is 0.352 e. The minimum atomic E-state index is -0.438. The van der Waals surface area contributed by atoms with E-state index in [0.29, 0.717) is 28.4 Å². The Balaban J connectivity index is 1.73. The molecule has 0 atom stereocenters. The number of aromatic nitrogens is 4. The zero-order valence-corrected chi connectivity index (χ0v) is 18.8. The summed E-state index contributed by atoms with van der Waals surface area (Å²) >= 11 is 1.30. The summed E-state index contributed by atoms with van der Waals surface area (Å²) in [6.07, 6.45) is 0.779. The Labute approximate surface area is 182 Å². The Bertz CT molecular complexity index is 1410.